The number of nitrogens with two attached hydrogens (primary N) is 1. The molecule has 1 aliphatic heterocycles. The Morgan fingerprint density at radius 2 is 2.14 bits per heavy atom. The second-order valence-electron chi connectivity index (χ2n) is 5.50. The molecule has 2 atom stereocenters. The largest absolute Gasteiger partial charge is 0.496 e. The number of rotatable bonds is 4. The summed E-state index contributed by atoms with van der Waals surface area (Å²) in [5.74, 6) is 0.923. The Morgan fingerprint density at radius 1 is 1.43 bits per heavy atom. The van der Waals surface area contributed by atoms with Crippen LogP contribution in [0, 0.1) is 0 Å². The van der Waals surface area contributed by atoms with Gasteiger partial charge in [0.25, 0.3) is 0 Å². The second kappa shape index (κ2) is 8.25. The van der Waals surface area contributed by atoms with Crippen molar-refractivity contribution < 1.29 is 9.53 Å². The van der Waals surface area contributed by atoms with Gasteiger partial charge in [0.05, 0.1) is 13.5 Å². The molecule has 4 nitrogen and oxygen atoms in total. The average molecular weight is 313 g/mol. The molecule has 118 valence electrons. The minimum Gasteiger partial charge on any atom is -0.496 e. The Morgan fingerprint density at radius 3 is 2.81 bits per heavy atom. The lowest BCUT2D eigenvalue weighted by Gasteiger charge is -2.38. The number of methoxy groups -OCH3 is 1. The molecule has 0 spiro atoms. The van der Waals surface area contributed by atoms with E-state index >= 15 is 0 Å². The molecule has 1 heterocycles. The van der Waals surface area contributed by atoms with Crippen molar-refractivity contribution in [3.05, 3.63) is 29.8 Å². The van der Waals surface area contributed by atoms with Gasteiger partial charge in [-0.25, -0.2) is 0 Å². The number of piperidine rings is 1. The van der Waals surface area contributed by atoms with Gasteiger partial charge in [0.1, 0.15) is 5.75 Å². The Hall–Kier alpha value is -1.26. The highest BCUT2D eigenvalue weighted by atomic mass is 35.5. The number of amides is 1. The lowest BCUT2D eigenvalue weighted by Crippen LogP contribution is -2.52. The number of hydrogen-bond acceptors (Lipinski definition) is 3. The van der Waals surface area contributed by atoms with Crippen molar-refractivity contribution in [3.63, 3.8) is 0 Å². The van der Waals surface area contributed by atoms with Crippen LogP contribution in [-0.2, 0) is 11.2 Å². The topological polar surface area (TPSA) is 55.6 Å². The first-order valence-corrected chi connectivity index (χ1v) is 7.30. The van der Waals surface area contributed by atoms with Gasteiger partial charge in [0.2, 0.25) is 5.91 Å². The maximum absolute atomic E-state index is 12.6. The molecular weight excluding hydrogens is 288 g/mol. The monoisotopic (exact) mass is 312 g/mol. The van der Waals surface area contributed by atoms with Crippen molar-refractivity contribution in [2.24, 2.45) is 5.73 Å². The van der Waals surface area contributed by atoms with Gasteiger partial charge in [-0.2, -0.15) is 0 Å². The molecule has 1 aromatic carbocycles. The van der Waals surface area contributed by atoms with Gasteiger partial charge in [-0.1, -0.05) is 18.2 Å². The normalized spacial score (nSPS) is 19.6. The van der Waals surface area contributed by atoms with Crippen molar-refractivity contribution in [1.29, 1.82) is 0 Å². The van der Waals surface area contributed by atoms with Crippen LogP contribution in [-0.4, -0.2) is 36.5 Å². The van der Waals surface area contributed by atoms with E-state index in [2.05, 4.69) is 0 Å². The molecule has 2 N–H and O–H groups in total. The van der Waals surface area contributed by atoms with Gasteiger partial charge in [-0.3, -0.25) is 4.79 Å². The van der Waals surface area contributed by atoms with Crippen LogP contribution in [0.3, 0.4) is 0 Å². The molecule has 2 unspecified atom stereocenters. The first-order valence-electron chi connectivity index (χ1n) is 7.30. The van der Waals surface area contributed by atoms with Crippen molar-refractivity contribution in [3.8, 4) is 5.75 Å². The smallest absolute Gasteiger partial charge is 0.227 e. The lowest BCUT2D eigenvalue weighted by molar-refractivity contribution is -0.134. The van der Waals surface area contributed by atoms with Crippen LogP contribution in [0.25, 0.3) is 0 Å². The standard InChI is InChI=1S/C16H24N2O2.ClH/c1-12(17)14-8-5-6-10-18(14)16(19)11-13-7-3-4-9-15(13)20-2;/h3-4,7,9,12,14H,5-6,8,10-11,17H2,1-2H3;1H. The maximum atomic E-state index is 12.6. The zero-order chi connectivity index (χ0) is 14.5. The number of carbonyl (C=O) groups is 1. The van der Waals surface area contributed by atoms with Gasteiger partial charge >= 0.3 is 0 Å². The number of carbonyl (C=O) groups excluding carboxylic acids is 1. The van der Waals surface area contributed by atoms with E-state index in [1.165, 1.54) is 0 Å². The quantitative estimate of drug-likeness (QED) is 0.928. The lowest BCUT2D eigenvalue weighted by atomic mass is 9.96. The fourth-order valence-corrected chi connectivity index (χ4v) is 2.93. The first kappa shape index (κ1) is 17.8. The molecule has 1 aliphatic rings. The molecule has 0 aliphatic carbocycles. The van der Waals surface area contributed by atoms with Gasteiger partial charge in [-0.05, 0) is 32.3 Å². The van der Waals surface area contributed by atoms with Crippen LogP contribution >= 0.6 is 12.4 Å². The Kier molecular flexibility index (Phi) is 6.99. The third-order valence-electron chi connectivity index (χ3n) is 4.01. The molecule has 0 saturated carbocycles. The molecule has 0 radical (unpaired) electrons. The van der Waals surface area contributed by atoms with Gasteiger partial charge in [0, 0.05) is 24.2 Å². The summed E-state index contributed by atoms with van der Waals surface area (Å²) in [5.41, 5.74) is 6.97. The highest BCUT2D eigenvalue weighted by Crippen LogP contribution is 2.23. The summed E-state index contributed by atoms with van der Waals surface area (Å²) in [6.07, 6.45) is 3.62. The summed E-state index contributed by atoms with van der Waals surface area (Å²) in [6, 6.07) is 7.88. The number of hydrogen-bond donors (Lipinski definition) is 1. The molecule has 2 rings (SSSR count). The van der Waals surface area contributed by atoms with Crippen molar-refractivity contribution >= 4 is 18.3 Å². The second-order valence-corrected chi connectivity index (χ2v) is 5.50. The number of likely N-dealkylation sites (tertiary alicyclic amines) is 1. The predicted molar refractivity (Wildman–Crippen MR) is 86.9 cm³/mol. The fourth-order valence-electron chi connectivity index (χ4n) is 2.93. The van der Waals surface area contributed by atoms with Crippen LogP contribution in [0.15, 0.2) is 24.3 Å². The van der Waals surface area contributed by atoms with Crippen LogP contribution < -0.4 is 10.5 Å². The summed E-state index contributed by atoms with van der Waals surface area (Å²) in [6.45, 7) is 2.81. The Labute approximate surface area is 133 Å². The highest BCUT2D eigenvalue weighted by Gasteiger charge is 2.29. The molecule has 0 aromatic heterocycles. The minimum atomic E-state index is 0. The number of benzene rings is 1. The molecule has 21 heavy (non-hydrogen) atoms. The summed E-state index contributed by atoms with van der Waals surface area (Å²) in [4.78, 5) is 14.5. The van der Waals surface area contributed by atoms with E-state index in [1.54, 1.807) is 7.11 Å². The average Bonchev–Trinajstić information content (AvgIpc) is 2.47. The van der Waals surface area contributed by atoms with E-state index in [-0.39, 0.29) is 30.4 Å². The van der Waals surface area contributed by atoms with Crippen LogP contribution in [0.1, 0.15) is 31.7 Å². The predicted octanol–water partition coefficient (Wildman–Crippen LogP) is 2.39. The van der Waals surface area contributed by atoms with Gasteiger partial charge in [0.15, 0.2) is 0 Å². The highest BCUT2D eigenvalue weighted by molar-refractivity contribution is 5.85. The van der Waals surface area contributed by atoms with Crippen molar-refractivity contribution in [2.45, 2.75) is 44.7 Å². The van der Waals surface area contributed by atoms with E-state index in [1.807, 2.05) is 36.1 Å². The van der Waals surface area contributed by atoms with Crippen molar-refractivity contribution in [2.75, 3.05) is 13.7 Å². The summed E-state index contributed by atoms with van der Waals surface area (Å²) >= 11 is 0. The summed E-state index contributed by atoms with van der Waals surface area (Å²) in [5, 5.41) is 0. The summed E-state index contributed by atoms with van der Waals surface area (Å²) in [7, 11) is 1.63. The zero-order valence-corrected chi connectivity index (χ0v) is 13.6. The Bertz CT molecular complexity index is 465. The molecule has 1 aromatic rings. The summed E-state index contributed by atoms with van der Waals surface area (Å²) < 4.78 is 5.31. The molecular formula is C16H25ClN2O2. The third-order valence-corrected chi connectivity index (χ3v) is 4.01. The Balaban J connectivity index is 0.00000220. The van der Waals surface area contributed by atoms with Gasteiger partial charge < -0.3 is 15.4 Å². The minimum absolute atomic E-state index is 0. The molecule has 1 saturated heterocycles. The van der Waals surface area contributed by atoms with Crippen LogP contribution in [0.2, 0.25) is 0 Å². The number of nitrogens with zero attached hydrogens (tertiary/aromatic N) is 1. The molecule has 1 amide bonds. The van der Waals surface area contributed by atoms with E-state index in [4.69, 9.17) is 10.5 Å². The number of ether oxygens (including phenoxy) is 1. The number of halogens is 1. The molecule has 5 heteroatoms. The van der Waals surface area contributed by atoms with E-state index in [0.29, 0.717) is 6.42 Å². The van der Waals surface area contributed by atoms with E-state index in [9.17, 15) is 4.79 Å². The van der Waals surface area contributed by atoms with Crippen LogP contribution in [0.4, 0.5) is 0 Å². The maximum Gasteiger partial charge on any atom is 0.227 e. The first-order chi connectivity index (χ1) is 9.63. The van der Waals surface area contributed by atoms with E-state index < -0.39 is 0 Å². The third kappa shape index (κ3) is 4.35. The van der Waals surface area contributed by atoms with Crippen LogP contribution in [0.5, 0.6) is 5.75 Å². The number of para-hydroxylation sites is 1. The SMILES string of the molecule is COc1ccccc1CC(=O)N1CCCCC1C(C)N.Cl. The van der Waals surface area contributed by atoms with E-state index in [0.717, 1.165) is 37.1 Å². The van der Waals surface area contributed by atoms with Crippen molar-refractivity contribution in [1.82, 2.24) is 4.90 Å². The molecule has 1 fully saturated rings. The fraction of sp³-hybridized carbons (Fsp3) is 0.562. The zero-order valence-electron chi connectivity index (χ0n) is 12.7. The molecule has 0 bridgehead atoms. The van der Waals surface area contributed by atoms with Gasteiger partial charge in [-0.15, -0.1) is 12.4 Å².